The predicted molar refractivity (Wildman–Crippen MR) is 202 cm³/mol. The summed E-state index contributed by atoms with van der Waals surface area (Å²) >= 11 is 0. The number of ether oxygens (including phenoxy) is 1. The number of fused-ring (bicyclic) bond motifs is 5. The maximum atomic E-state index is 17.1. The van der Waals surface area contributed by atoms with Crippen molar-refractivity contribution < 1.29 is 23.4 Å². The predicted octanol–water partition coefficient (Wildman–Crippen LogP) is 6.37. The molecule has 0 aliphatic carbocycles. The monoisotopic (exact) mass is 727 g/mol. The number of carbonyl (C=O) groups is 1. The van der Waals surface area contributed by atoms with Gasteiger partial charge in [-0.15, -0.1) is 6.42 Å². The van der Waals surface area contributed by atoms with Gasteiger partial charge in [0.2, 0.25) is 0 Å². The molecule has 5 aromatic rings. The van der Waals surface area contributed by atoms with Crippen molar-refractivity contribution in [1.82, 2.24) is 24.8 Å². The number of phenols is 1. The molecule has 1 amide bonds. The fourth-order valence-corrected chi connectivity index (χ4v) is 9.43. The van der Waals surface area contributed by atoms with E-state index < -0.39 is 11.6 Å². The van der Waals surface area contributed by atoms with Crippen LogP contribution < -0.4 is 9.64 Å². The van der Waals surface area contributed by atoms with Crippen LogP contribution in [0.1, 0.15) is 55.2 Å². The number of aromatic nitrogens is 3. The van der Waals surface area contributed by atoms with E-state index in [4.69, 9.17) is 21.6 Å². The van der Waals surface area contributed by atoms with Gasteiger partial charge in [0.15, 0.2) is 5.82 Å². The second kappa shape index (κ2) is 13.0. The van der Waals surface area contributed by atoms with E-state index in [0.29, 0.717) is 41.9 Å². The summed E-state index contributed by atoms with van der Waals surface area (Å²) in [5, 5.41) is 20.5. The maximum absolute atomic E-state index is 17.1. The number of piperazine rings is 1. The molecule has 2 unspecified atom stereocenters. The van der Waals surface area contributed by atoms with Gasteiger partial charge < -0.3 is 19.6 Å². The summed E-state index contributed by atoms with van der Waals surface area (Å²) in [4.78, 5) is 34.3. The zero-order valence-corrected chi connectivity index (χ0v) is 29.9. The first-order chi connectivity index (χ1) is 26.2. The van der Waals surface area contributed by atoms with E-state index in [2.05, 4.69) is 20.8 Å². The van der Waals surface area contributed by atoms with E-state index in [0.717, 1.165) is 57.2 Å². The van der Waals surface area contributed by atoms with Crippen LogP contribution in [0.25, 0.3) is 32.9 Å². The van der Waals surface area contributed by atoms with Crippen LogP contribution in [0.4, 0.5) is 14.6 Å². The van der Waals surface area contributed by atoms with Crippen LogP contribution >= 0.6 is 0 Å². The number of pyridine rings is 1. The summed E-state index contributed by atoms with van der Waals surface area (Å²) in [5.41, 5.74) is 1.23. The van der Waals surface area contributed by atoms with Crippen molar-refractivity contribution in [2.24, 2.45) is 0 Å². The van der Waals surface area contributed by atoms with Gasteiger partial charge in [0.25, 0.3) is 5.91 Å². The second-order valence-electron chi connectivity index (χ2n) is 15.1. The van der Waals surface area contributed by atoms with Gasteiger partial charge in [0.1, 0.15) is 40.9 Å². The minimum absolute atomic E-state index is 0.0278. The van der Waals surface area contributed by atoms with Gasteiger partial charge in [-0.1, -0.05) is 36.3 Å². The van der Waals surface area contributed by atoms with E-state index in [1.807, 2.05) is 34.9 Å². The molecule has 6 heterocycles. The number of benzene rings is 3. The molecule has 3 aromatic carbocycles. The van der Waals surface area contributed by atoms with Crippen molar-refractivity contribution in [3.8, 4) is 35.4 Å². The molecule has 0 spiro atoms. The van der Waals surface area contributed by atoms with Crippen LogP contribution in [0.5, 0.6) is 11.8 Å². The number of rotatable bonds is 7. The highest BCUT2D eigenvalue weighted by molar-refractivity contribution is 6.44. The zero-order chi connectivity index (χ0) is 37.3. The quantitative estimate of drug-likeness (QED) is 0.147. The van der Waals surface area contributed by atoms with Gasteiger partial charge in [0, 0.05) is 35.8 Å². The summed E-state index contributed by atoms with van der Waals surface area (Å²) in [6.45, 7) is 5.13. The fourth-order valence-electron chi connectivity index (χ4n) is 9.43. The summed E-state index contributed by atoms with van der Waals surface area (Å²) < 4.78 is 38.5. The van der Waals surface area contributed by atoms with E-state index >= 15 is 4.39 Å². The number of terminal acetylenes is 1. The van der Waals surface area contributed by atoms with E-state index in [1.165, 1.54) is 30.5 Å². The Morgan fingerprint density at radius 2 is 1.81 bits per heavy atom. The van der Waals surface area contributed by atoms with Crippen LogP contribution in [0.2, 0.25) is 0 Å². The van der Waals surface area contributed by atoms with Crippen LogP contribution in [-0.4, -0.2) is 91.9 Å². The smallest absolute Gasteiger partial charge is 0.319 e. The summed E-state index contributed by atoms with van der Waals surface area (Å²) in [6, 6.07) is 12.6. The SMILES string of the molecule is C#Cc1c(F)ccc2cc(O)cc(-c3ncc4c(N5CC6CCC(C5)N6C(=O)C(=N)c5ccccc5C)nc(OCC56CCCN5CCC6)nc4c3F)c12. The standard InChI is InChI=1S/C42H39F2N7O3/c1-3-29-33(43)13-10-25-18-28(52)19-31(34(25)29)37-35(44)38-32(20-46-37)39(48-41(47-38)54-23-42-14-6-16-50(42)17-7-15-42)49-21-26-11-12-27(22-49)51(26)40(53)36(45)30-9-5-4-8-24(30)2/h1,4-5,8-10,13,18-20,26-27,45,52H,6-7,11-12,14-17,21-23H2,2H3. The van der Waals surface area contributed by atoms with Gasteiger partial charge >= 0.3 is 6.01 Å². The molecule has 4 fully saturated rings. The number of phenolic OH excluding ortho intramolecular Hbond substituents is 1. The first-order valence-electron chi connectivity index (χ1n) is 18.5. The molecule has 2 atom stereocenters. The van der Waals surface area contributed by atoms with Gasteiger partial charge in [-0.25, -0.2) is 8.78 Å². The normalized spacial score (nSPS) is 20.4. The molecule has 12 heteroatoms. The Hall–Kier alpha value is -5.67. The number of nitrogens with zero attached hydrogens (tertiary/aromatic N) is 6. The highest BCUT2D eigenvalue weighted by Gasteiger charge is 2.46. The van der Waals surface area contributed by atoms with Crippen molar-refractivity contribution in [2.45, 2.75) is 63.1 Å². The Labute approximate surface area is 311 Å². The number of carbonyl (C=O) groups excluding carboxylic acids is 1. The third-order valence-corrected chi connectivity index (χ3v) is 12.0. The van der Waals surface area contributed by atoms with E-state index in [1.54, 1.807) is 6.07 Å². The molecule has 4 aliphatic heterocycles. The third kappa shape index (κ3) is 5.44. The summed E-state index contributed by atoms with van der Waals surface area (Å²) in [5.74, 6) is 0.934. The molecule has 0 saturated carbocycles. The first kappa shape index (κ1) is 34.1. The number of halogens is 2. The lowest BCUT2D eigenvalue weighted by Crippen LogP contribution is -2.57. The Balaban J connectivity index is 1.12. The van der Waals surface area contributed by atoms with Crippen molar-refractivity contribution in [3.63, 3.8) is 0 Å². The molecule has 274 valence electrons. The molecular formula is C42H39F2N7O3. The Morgan fingerprint density at radius 1 is 1.07 bits per heavy atom. The molecular weight excluding hydrogens is 689 g/mol. The number of hydrogen-bond donors (Lipinski definition) is 2. The second-order valence-corrected chi connectivity index (χ2v) is 15.1. The lowest BCUT2D eigenvalue weighted by Gasteiger charge is -2.42. The van der Waals surface area contributed by atoms with Crippen molar-refractivity contribution in [3.05, 3.63) is 83.1 Å². The third-order valence-electron chi connectivity index (χ3n) is 12.0. The minimum Gasteiger partial charge on any atom is -0.508 e. The maximum Gasteiger partial charge on any atom is 0.319 e. The van der Waals surface area contributed by atoms with Crippen LogP contribution in [0, 0.1) is 36.3 Å². The molecule has 4 saturated heterocycles. The number of hydrogen-bond acceptors (Lipinski definition) is 9. The molecule has 0 radical (unpaired) electrons. The molecule has 2 N–H and O–H groups in total. The fraction of sp³-hybridized carbons (Fsp3) is 0.357. The lowest BCUT2D eigenvalue weighted by molar-refractivity contribution is -0.127. The van der Waals surface area contributed by atoms with Crippen molar-refractivity contribution in [2.75, 3.05) is 37.7 Å². The molecule has 2 aromatic heterocycles. The Bertz CT molecular complexity index is 2410. The molecule has 54 heavy (non-hydrogen) atoms. The highest BCUT2D eigenvalue weighted by atomic mass is 19.1. The topological polar surface area (TPSA) is 119 Å². The largest absolute Gasteiger partial charge is 0.508 e. The van der Waals surface area contributed by atoms with E-state index in [9.17, 15) is 14.3 Å². The molecule has 10 nitrogen and oxygen atoms in total. The Morgan fingerprint density at radius 3 is 2.54 bits per heavy atom. The lowest BCUT2D eigenvalue weighted by atomic mass is 9.95. The van der Waals surface area contributed by atoms with Crippen LogP contribution in [0.3, 0.4) is 0 Å². The summed E-state index contributed by atoms with van der Waals surface area (Å²) in [7, 11) is 0. The van der Waals surface area contributed by atoms with Crippen LogP contribution in [-0.2, 0) is 4.79 Å². The highest BCUT2D eigenvalue weighted by Crippen LogP contribution is 2.42. The van der Waals surface area contributed by atoms with Crippen LogP contribution in [0.15, 0.2) is 54.7 Å². The average Bonchev–Trinajstić information content (AvgIpc) is 3.84. The molecule has 4 aliphatic rings. The first-order valence-corrected chi connectivity index (χ1v) is 18.5. The van der Waals surface area contributed by atoms with Gasteiger partial charge in [-0.2, -0.15) is 9.97 Å². The minimum atomic E-state index is -0.787. The van der Waals surface area contributed by atoms with Gasteiger partial charge in [-0.3, -0.25) is 20.1 Å². The van der Waals surface area contributed by atoms with Gasteiger partial charge in [-0.05, 0) is 87.7 Å². The number of aromatic hydroxyl groups is 1. The van der Waals surface area contributed by atoms with Crippen molar-refractivity contribution in [1.29, 1.82) is 5.41 Å². The number of anilines is 1. The molecule has 9 rings (SSSR count). The van der Waals surface area contributed by atoms with Crippen molar-refractivity contribution >= 4 is 39.1 Å². The Kier molecular flexibility index (Phi) is 8.23. The number of aryl methyl sites for hydroxylation is 1. The van der Waals surface area contributed by atoms with E-state index in [-0.39, 0.29) is 68.7 Å². The average molecular weight is 728 g/mol. The number of nitrogens with one attached hydrogen (secondary N) is 1. The molecule has 2 bridgehead atoms. The summed E-state index contributed by atoms with van der Waals surface area (Å²) in [6.07, 6.45) is 12.9. The zero-order valence-electron chi connectivity index (χ0n) is 29.9. The van der Waals surface area contributed by atoms with Gasteiger partial charge in [0.05, 0.1) is 28.6 Å². The number of amides is 1.